The van der Waals surface area contributed by atoms with Gasteiger partial charge in [0.15, 0.2) is 0 Å². The molecule has 0 bridgehead atoms. The average Bonchev–Trinajstić information content (AvgIpc) is 1.38. The van der Waals surface area contributed by atoms with E-state index in [-0.39, 0.29) is 26.4 Å². The van der Waals surface area contributed by atoms with Crippen molar-refractivity contribution in [2.75, 3.05) is 0 Å². The van der Waals surface area contributed by atoms with Crippen LogP contribution < -0.4 is 0 Å². The second-order valence-electron chi connectivity index (χ2n) is 0.609. The van der Waals surface area contributed by atoms with Crippen LogP contribution in [-0.4, -0.2) is 5.97 Å². The smallest absolute Gasteiger partial charge is 0.304 e. The molecule has 0 aliphatic heterocycles. The second-order valence-corrected chi connectivity index (χ2v) is 0.845. The van der Waals surface area contributed by atoms with Crippen LogP contribution in [0.5, 0.6) is 0 Å². The summed E-state index contributed by atoms with van der Waals surface area (Å²) in [5.41, 5.74) is 0. The molecule has 0 aromatic rings. The van der Waals surface area contributed by atoms with Gasteiger partial charge in [0.2, 0.25) is 0 Å². The summed E-state index contributed by atoms with van der Waals surface area (Å²) in [7, 11) is 1.84. The summed E-state index contributed by atoms with van der Waals surface area (Å²) in [6, 6.07) is 0. The monoisotopic (exact) mass is 198 g/mol. The zero-order valence-corrected chi connectivity index (χ0v) is 5.92. The van der Waals surface area contributed by atoms with Gasteiger partial charge in [0.25, 0.3) is 0 Å². The Labute approximate surface area is 52.6 Å². The molecule has 0 saturated carbocycles. The Hall–Kier alpha value is 0.562. The molecule has 0 fully saturated rings. The first kappa shape index (κ1) is 9.75. The van der Waals surface area contributed by atoms with E-state index in [2.05, 4.69) is 4.52 Å². The molecule has 0 aromatic heterocycles. The molecule has 0 N–H and O–H groups in total. The number of hydrogen-bond acceptors (Lipinski definition) is 2. The third kappa shape index (κ3) is 8.82. The third-order valence-corrected chi connectivity index (χ3v) is 0.498. The number of rotatable bonds is 0. The van der Waals surface area contributed by atoms with Crippen molar-refractivity contribution < 1.29 is 29.7 Å². The van der Waals surface area contributed by atoms with Gasteiger partial charge in [-0.15, -0.1) is 0 Å². The zero-order valence-electron chi connectivity index (χ0n) is 3.21. The molecule has 6 heavy (non-hydrogen) atoms. The molecule has 0 radical (unpaired) electrons. The Morgan fingerprint density at radius 3 is 2.00 bits per heavy atom. The molecule has 0 aliphatic rings. The van der Waals surface area contributed by atoms with Crippen LogP contribution in [0.3, 0.4) is 0 Å². The molecule has 0 saturated heterocycles. The summed E-state index contributed by atoms with van der Waals surface area (Å²) >= 11 is 0. The summed E-state index contributed by atoms with van der Waals surface area (Å²) < 4.78 is 4.03. The van der Waals surface area contributed by atoms with Gasteiger partial charge >= 0.3 is 5.97 Å². The van der Waals surface area contributed by atoms with Crippen molar-refractivity contribution in [3.05, 3.63) is 0 Å². The van der Waals surface area contributed by atoms with Crippen LogP contribution in [0.4, 0.5) is 0 Å². The predicted octanol–water partition coefficient (Wildman–Crippen LogP) is 0.337. The number of carbonyl (C=O) groups excluding carboxylic acids is 1. The first-order valence-electron chi connectivity index (χ1n) is 1.14. The van der Waals surface area contributed by atoms with E-state index < -0.39 is 0 Å². The van der Waals surface area contributed by atoms with Crippen molar-refractivity contribution in [1.82, 2.24) is 0 Å². The largest absolute Gasteiger partial charge is 0.452 e. The summed E-state index contributed by atoms with van der Waals surface area (Å²) in [6.07, 6.45) is 0. The van der Waals surface area contributed by atoms with E-state index in [1.165, 1.54) is 6.92 Å². The molecule has 0 aromatic carbocycles. The summed E-state index contributed by atoms with van der Waals surface area (Å²) in [6.45, 7) is 1.34. The van der Waals surface area contributed by atoms with Gasteiger partial charge in [-0.25, -0.2) is 0 Å². The van der Waals surface area contributed by atoms with E-state index in [4.69, 9.17) is 0 Å². The minimum Gasteiger partial charge on any atom is -0.452 e. The molecule has 4 heteroatoms. The standard InChI is InChI=1S/C2H5O2P.Pd/c1-2(3)4-5;/h5H2,1H3;. The molecule has 2 nitrogen and oxygen atoms in total. The van der Waals surface area contributed by atoms with Gasteiger partial charge in [-0.05, 0) is 0 Å². The fraction of sp³-hybridized carbons (Fsp3) is 0.500. The van der Waals surface area contributed by atoms with Crippen molar-refractivity contribution >= 4 is 15.4 Å². The first-order chi connectivity index (χ1) is 2.27. The van der Waals surface area contributed by atoms with Gasteiger partial charge in [0.1, 0.15) is 0 Å². The van der Waals surface area contributed by atoms with Gasteiger partial charge in [-0.2, -0.15) is 0 Å². The topological polar surface area (TPSA) is 26.3 Å². The Balaban J connectivity index is 0. The first-order valence-corrected chi connectivity index (χ1v) is 1.62. The van der Waals surface area contributed by atoms with Crippen LogP contribution in [0.25, 0.3) is 0 Å². The Morgan fingerprint density at radius 1 is 1.83 bits per heavy atom. The normalized spacial score (nSPS) is 5.67. The molecule has 40 valence electrons. The number of carbonyl (C=O) groups is 1. The molecule has 0 heterocycles. The average molecular weight is 198 g/mol. The maximum atomic E-state index is 9.57. The summed E-state index contributed by atoms with van der Waals surface area (Å²) in [5.74, 6) is -0.282. The summed E-state index contributed by atoms with van der Waals surface area (Å²) in [4.78, 5) is 9.57. The maximum Gasteiger partial charge on any atom is 0.304 e. The molecule has 0 rings (SSSR count). The van der Waals surface area contributed by atoms with E-state index in [9.17, 15) is 4.79 Å². The van der Waals surface area contributed by atoms with Crippen LogP contribution >= 0.6 is 9.47 Å². The van der Waals surface area contributed by atoms with Gasteiger partial charge in [0, 0.05) is 27.3 Å². The number of hydrogen-bond donors (Lipinski definition) is 0. The van der Waals surface area contributed by atoms with Crippen molar-refractivity contribution in [2.24, 2.45) is 0 Å². The van der Waals surface area contributed by atoms with Crippen molar-refractivity contribution in [3.8, 4) is 0 Å². The summed E-state index contributed by atoms with van der Waals surface area (Å²) in [5, 5.41) is 0. The maximum absolute atomic E-state index is 9.57. The van der Waals surface area contributed by atoms with Gasteiger partial charge < -0.3 is 4.52 Å². The van der Waals surface area contributed by atoms with E-state index in [0.717, 1.165) is 0 Å². The fourth-order valence-electron chi connectivity index (χ4n) is 0. The molecule has 1 unspecified atom stereocenters. The van der Waals surface area contributed by atoms with Crippen LogP contribution in [0.1, 0.15) is 6.92 Å². The fourth-order valence-corrected chi connectivity index (χ4v) is 0. The van der Waals surface area contributed by atoms with Gasteiger partial charge in [0.05, 0.1) is 9.47 Å². The van der Waals surface area contributed by atoms with Crippen molar-refractivity contribution in [2.45, 2.75) is 6.92 Å². The van der Waals surface area contributed by atoms with Crippen LogP contribution in [0, 0.1) is 0 Å². The van der Waals surface area contributed by atoms with Gasteiger partial charge in [-0.1, -0.05) is 0 Å². The zero-order chi connectivity index (χ0) is 4.28. The van der Waals surface area contributed by atoms with Crippen LogP contribution in [-0.2, 0) is 29.7 Å². The van der Waals surface area contributed by atoms with E-state index >= 15 is 0 Å². The minimum atomic E-state index is -0.282. The van der Waals surface area contributed by atoms with Crippen LogP contribution in [0.2, 0.25) is 0 Å². The molecule has 0 amide bonds. The van der Waals surface area contributed by atoms with E-state index in [0.29, 0.717) is 0 Å². The van der Waals surface area contributed by atoms with E-state index in [1.807, 2.05) is 9.47 Å². The SMILES string of the molecule is CC(=O)OP.[Pd]. The molecule has 0 spiro atoms. The van der Waals surface area contributed by atoms with E-state index in [1.54, 1.807) is 0 Å². The van der Waals surface area contributed by atoms with Gasteiger partial charge in [-0.3, -0.25) is 4.79 Å². The predicted molar refractivity (Wildman–Crippen MR) is 21.5 cm³/mol. The minimum absolute atomic E-state index is 0. The quantitative estimate of drug-likeness (QED) is 0.414. The Kier molecular flexibility index (Phi) is 9.04. The third-order valence-electron chi connectivity index (χ3n) is 0.166. The molecular formula is C2H5O2PPd. The van der Waals surface area contributed by atoms with Crippen molar-refractivity contribution in [3.63, 3.8) is 0 Å². The van der Waals surface area contributed by atoms with Crippen molar-refractivity contribution in [1.29, 1.82) is 0 Å². The van der Waals surface area contributed by atoms with Crippen LogP contribution in [0.15, 0.2) is 0 Å². The molecular weight excluding hydrogens is 193 g/mol. The molecule has 1 atom stereocenters. The molecule has 0 aliphatic carbocycles. The Morgan fingerprint density at radius 2 is 2.00 bits per heavy atom. The second kappa shape index (κ2) is 5.56. The Bertz CT molecular complexity index is 46.8.